The molecule has 5 heteroatoms. The predicted octanol–water partition coefficient (Wildman–Crippen LogP) is 2.87. The lowest BCUT2D eigenvalue weighted by atomic mass is 9.83. The highest BCUT2D eigenvalue weighted by atomic mass is 16.3. The number of rotatable bonds is 6. The molecule has 2 aromatic rings. The number of nitrogens with one attached hydrogen (secondary N) is 2. The Hall–Kier alpha value is -1.88. The first kappa shape index (κ1) is 16.0. The molecule has 1 saturated carbocycles. The van der Waals surface area contributed by atoms with Crippen LogP contribution < -0.4 is 5.32 Å². The average Bonchev–Trinajstić information content (AvgIpc) is 3.06. The van der Waals surface area contributed by atoms with E-state index in [1.165, 1.54) is 32.1 Å². The van der Waals surface area contributed by atoms with Crippen LogP contribution in [0.2, 0.25) is 0 Å². The number of aromatic amines is 1. The number of amides is 1. The van der Waals surface area contributed by atoms with Crippen molar-refractivity contribution in [3.63, 3.8) is 0 Å². The van der Waals surface area contributed by atoms with Gasteiger partial charge >= 0.3 is 0 Å². The third-order valence-electron chi connectivity index (χ3n) is 4.88. The number of imidazole rings is 1. The van der Waals surface area contributed by atoms with Crippen LogP contribution in [0, 0.1) is 11.8 Å². The largest absolute Gasteiger partial charge is 0.396 e. The van der Waals surface area contributed by atoms with Crippen molar-refractivity contribution < 1.29 is 9.90 Å². The molecule has 124 valence electrons. The van der Waals surface area contributed by atoms with E-state index in [0.29, 0.717) is 18.0 Å². The van der Waals surface area contributed by atoms with Gasteiger partial charge in [-0.2, -0.15) is 0 Å². The maximum atomic E-state index is 12.3. The second kappa shape index (κ2) is 7.59. The molecule has 0 unspecified atom stereocenters. The van der Waals surface area contributed by atoms with Gasteiger partial charge in [0.1, 0.15) is 0 Å². The van der Waals surface area contributed by atoms with E-state index in [4.69, 9.17) is 0 Å². The van der Waals surface area contributed by atoms with Crippen LogP contribution in [0.3, 0.4) is 0 Å². The second-order valence-corrected chi connectivity index (χ2v) is 6.63. The van der Waals surface area contributed by atoms with Crippen molar-refractivity contribution in [2.75, 3.05) is 13.2 Å². The van der Waals surface area contributed by atoms with Crippen molar-refractivity contribution in [1.82, 2.24) is 15.3 Å². The number of benzene rings is 1. The minimum absolute atomic E-state index is 0.0939. The van der Waals surface area contributed by atoms with Crippen LogP contribution in [-0.4, -0.2) is 34.1 Å². The lowest BCUT2D eigenvalue weighted by Gasteiger charge is -2.25. The summed E-state index contributed by atoms with van der Waals surface area (Å²) in [5.74, 6) is 0.765. The molecule has 0 spiro atoms. The summed E-state index contributed by atoms with van der Waals surface area (Å²) < 4.78 is 0. The molecule has 23 heavy (non-hydrogen) atoms. The number of fused-ring (bicyclic) bond motifs is 1. The van der Waals surface area contributed by atoms with E-state index in [2.05, 4.69) is 15.3 Å². The third-order valence-corrected chi connectivity index (χ3v) is 4.88. The standard InChI is InChI=1S/C18H25N3O2/c22-11-14(8-13-4-2-1-3-5-13)10-19-18(23)15-6-7-16-17(9-15)21-12-20-16/h6-7,9,12-14,22H,1-5,8,10-11H2,(H,19,23)(H,20,21)/t14-/m1/s1. The molecule has 1 fully saturated rings. The van der Waals surface area contributed by atoms with E-state index in [1.807, 2.05) is 12.1 Å². The van der Waals surface area contributed by atoms with E-state index in [9.17, 15) is 9.90 Å². The molecule has 1 atom stereocenters. The maximum Gasteiger partial charge on any atom is 0.251 e. The van der Waals surface area contributed by atoms with Gasteiger partial charge in [0.25, 0.3) is 5.91 Å². The normalized spacial score (nSPS) is 17.3. The minimum atomic E-state index is -0.0939. The van der Waals surface area contributed by atoms with E-state index in [1.54, 1.807) is 12.4 Å². The molecule has 0 bridgehead atoms. The Morgan fingerprint density at radius 3 is 2.96 bits per heavy atom. The number of aromatic nitrogens is 2. The monoisotopic (exact) mass is 315 g/mol. The summed E-state index contributed by atoms with van der Waals surface area (Å²) >= 11 is 0. The van der Waals surface area contributed by atoms with Crippen molar-refractivity contribution in [3.8, 4) is 0 Å². The van der Waals surface area contributed by atoms with Gasteiger partial charge in [-0.15, -0.1) is 0 Å². The van der Waals surface area contributed by atoms with Gasteiger partial charge in [-0.25, -0.2) is 4.98 Å². The van der Waals surface area contributed by atoms with Crippen molar-refractivity contribution >= 4 is 16.9 Å². The summed E-state index contributed by atoms with van der Waals surface area (Å²) in [6.07, 6.45) is 9.11. The summed E-state index contributed by atoms with van der Waals surface area (Å²) in [5.41, 5.74) is 2.33. The van der Waals surface area contributed by atoms with E-state index < -0.39 is 0 Å². The summed E-state index contributed by atoms with van der Waals surface area (Å²) in [7, 11) is 0. The molecular formula is C18H25N3O2. The number of aliphatic hydroxyl groups is 1. The molecule has 3 N–H and O–H groups in total. The van der Waals surface area contributed by atoms with Crippen LogP contribution >= 0.6 is 0 Å². The van der Waals surface area contributed by atoms with Crippen LogP contribution in [0.5, 0.6) is 0 Å². The van der Waals surface area contributed by atoms with Crippen LogP contribution in [0.4, 0.5) is 0 Å². The second-order valence-electron chi connectivity index (χ2n) is 6.63. The molecular weight excluding hydrogens is 290 g/mol. The Kier molecular flexibility index (Phi) is 5.28. The molecule has 1 amide bonds. The summed E-state index contributed by atoms with van der Waals surface area (Å²) in [4.78, 5) is 19.5. The van der Waals surface area contributed by atoms with Gasteiger partial charge < -0.3 is 15.4 Å². The highest BCUT2D eigenvalue weighted by molar-refractivity contribution is 5.97. The van der Waals surface area contributed by atoms with Gasteiger partial charge in [0.15, 0.2) is 0 Å². The van der Waals surface area contributed by atoms with Crippen LogP contribution in [-0.2, 0) is 0 Å². The third kappa shape index (κ3) is 4.10. The Morgan fingerprint density at radius 2 is 2.17 bits per heavy atom. The molecule has 3 rings (SSSR count). The maximum absolute atomic E-state index is 12.3. The Bertz CT molecular complexity index is 647. The molecule has 5 nitrogen and oxygen atoms in total. The topological polar surface area (TPSA) is 78.0 Å². The minimum Gasteiger partial charge on any atom is -0.396 e. The fourth-order valence-corrected chi connectivity index (χ4v) is 3.53. The lowest BCUT2D eigenvalue weighted by molar-refractivity contribution is 0.0933. The highest BCUT2D eigenvalue weighted by Crippen LogP contribution is 2.28. The molecule has 1 aliphatic carbocycles. The van der Waals surface area contributed by atoms with Gasteiger partial charge in [-0.3, -0.25) is 4.79 Å². The van der Waals surface area contributed by atoms with Gasteiger partial charge in [0.2, 0.25) is 0 Å². The van der Waals surface area contributed by atoms with Crippen molar-refractivity contribution in [3.05, 3.63) is 30.1 Å². The molecule has 0 saturated heterocycles. The summed E-state index contributed by atoms with van der Waals surface area (Å²) in [6.45, 7) is 0.670. The number of H-pyrrole nitrogens is 1. The van der Waals surface area contributed by atoms with Gasteiger partial charge in [0, 0.05) is 18.7 Å². The number of aliphatic hydroxyl groups excluding tert-OH is 1. The first-order valence-electron chi connectivity index (χ1n) is 8.58. The van der Waals surface area contributed by atoms with Crippen LogP contribution in [0.25, 0.3) is 11.0 Å². The molecule has 1 heterocycles. The zero-order chi connectivity index (χ0) is 16.1. The predicted molar refractivity (Wildman–Crippen MR) is 90.2 cm³/mol. The number of hydrogen-bond donors (Lipinski definition) is 3. The average molecular weight is 315 g/mol. The van der Waals surface area contributed by atoms with E-state index in [0.717, 1.165) is 17.5 Å². The first-order chi connectivity index (χ1) is 11.3. The number of carbonyl (C=O) groups excluding carboxylic acids is 1. The first-order valence-corrected chi connectivity index (χ1v) is 8.58. The van der Waals surface area contributed by atoms with Gasteiger partial charge in [-0.1, -0.05) is 32.1 Å². The number of nitrogens with zero attached hydrogens (tertiary/aromatic N) is 1. The smallest absolute Gasteiger partial charge is 0.251 e. The SMILES string of the molecule is O=C(NC[C@H](CO)CC1CCCCC1)c1ccc2nc[nH]c2c1. The zero-order valence-corrected chi connectivity index (χ0v) is 13.4. The fraction of sp³-hybridized carbons (Fsp3) is 0.556. The molecule has 1 aromatic heterocycles. The molecule has 0 aliphatic heterocycles. The Morgan fingerprint density at radius 1 is 1.35 bits per heavy atom. The Labute approximate surface area is 136 Å². The van der Waals surface area contributed by atoms with E-state index >= 15 is 0 Å². The fourth-order valence-electron chi connectivity index (χ4n) is 3.53. The van der Waals surface area contributed by atoms with Crippen molar-refractivity contribution in [1.29, 1.82) is 0 Å². The zero-order valence-electron chi connectivity index (χ0n) is 13.4. The quantitative estimate of drug-likeness (QED) is 0.767. The number of carbonyl (C=O) groups is 1. The van der Waals surface area contributed by atoms with Crippen molar-refractivity contribution in [2.45, 2.75) is 38.5 Å². The number of hydrogen-bond acceptors (Lipinski definition) is 3. The van der Waals surface area contributed by atoms with Gasteiger partial charge in [-0.05, 0) is 36.5 Å². The summed E-state index contributed by atoms with van der Waals surface area (Å²) in [6, 6.07) is 5.44. The molecule has 1 aromatic carbocycles. The summed E-state index contributed by atoms with van der Waals surface area (Å²) in [5, 5.41) is 12.6. The molecule has 0 radical (unpaired) electrons. The van der Waals surface area contributed by atoms with Crippen LogP contribution in [0.15, 0.2) is 24.5 Å². The van der Waals surface area contributed by atoms with Crippen LogP contribution in [0.1, 0.15) is 48.9 Å². The van der Waals surface area contributed by atoms with E-state index in [-0.39, 0.29) is 18.4 Å². The van der Waals surface area contributed by atoms with Gasteiger partial charge in [0.05, 0.1) is 17.4 Å². The Balaban J connectivity index is 1.53. The molecule has 1 aliphatic rings. The van der Waals surface area contributed by atoms with Crippen molar-refractivity contribution in [2.24, 2.45) is 11.8 Å². The lowest BCUT2D eigenvalue weighted by Crippen LogP contribution is -2.32. The highest BCUT2D eigenvalue weighted by Gasteiger charge is 2.19.